The molecule has 0 aliphatic rings. The Kier molecular flexibility index (Phi) is 4.13. The summed E-state index contributed by atoms with van der Waals surface area (Å²) in [4.78, 5) is 18.3. The van der Waals surface area contributed by atoms with E-state index in [9.17, 15) is 0 Å². The van der Waals surface area contributed by atoms with E-state index in [1.54, 1.807) is 22.7 Å². The monoisotopic (exact) mass is 328 g/mol. The van der Waals surface area contributed by atoms with E-state index in [4.69, 9.17) is 0 Å². The second kappa shape index (κ2) is 6.06. The molecule has 4 rings (SSSR count). The van der Waals surface area contributed by atoms with Crippen LogP contribution in [0.5, 0.6) is 0 Å². The Morgan fingerprint density at radius 3 is 2.50 bits per heavy atom. The minimum absolute atomic E-state index is 0.843. The largest absolute Gasteiger partial charge is 0.240 e. The first-order chi connectivity index (χ1) is 10.5. The van der Waals surface area contributed by atoms with Gasteiger partial charge in [-0.25, -0.2) is 19.9 Å². The SMILES string of the molecule is Cc1ccc2sc(C)nc2n1.Cc1ncc2sc(C)cc2n1. The molecule has 0 bridgehead atoms. The van der Waals surface area contributed by atoms with E-state index in [0.29, 0.717) is 0 Å². The number of hydrogen-bond donors (Lipinski definition) is 0. The van der Waals surface area contributed by atoms with Gasteiger partial charge in [0, 0.05) is 16.8 Å². The van der Waals surface area contributed by atoms with Gasteiger partial charge >= 0.3 is 0 Å². The number of thiazole rings is 1. The molecule has 0 aromatic carbocycles. The number of rotatable bonds is 0. The molecular formula is C16H16N4S2. The number of aryl methyl sites for hydroxylation is 4. The highest BCUT2D eigenvalue weighted by molar-refractivity contribution is 7.19. The summed E-state index contributed by atoms with van der Waals surface area (Å²) in [7, 11) is 0. The van der Waals surface area contributed by atoms with Crippen LogP contribution in [-0.4, -0.2) is 19.9 Å². The third-order valence-electron chi connectivity index (χ3n) is 3.01. The molecule has 4 heterocycles. The predicted octanol–water partition coefficient (Wildman–Crippen LogP) is 4.62. The number of nitrogens with zero attached hydrogens (tertiary/aromatic N) is 4. The van der Waals surface area contributed by atoms with Gasteiger partial charge in [-0.1, -0.05) is 0 Å². The normalized spacial score (nSPS) is 10.7. The summed E-state index contributed by atoms with van der Waals surface area (Å²) in [5, 5.41) is 1.08. The fourth-order valence-corrected chi connectivity index (χ4v) is 3.68. The van der Waals surface area contributed by atoms with Crippen molar-refractivity contribution < 1.29 is 0 Å². The molecule has 4 nitrogen and oxygen atoms in total. The van der Waals surface area contributed by atoms with Gasteiger partial charge in [-0.3, -0.25) is 0 Å². The summed E-state index contributed by atoms with van der Waals surface area (Å²) < 4.78 is 2.35. The van der Waals surface area contributed by atoms with Crippen LogP contribution in [0.1, 0.15) is 21.4 Å². The minimum atomic E-state index is 0.843. The molecule has 0 radical (unpaired) electrons. The maximum Gasteiger partial charge on any atom is 0.170 e. The van der Waals surface area contributed by atoms with Crippen LogP contribution in [0.2, 0.25) is 0 Å². The second-order valence-electron chi connectivity index (χ2n) is 5.03. The molecular weight excluding hydrogens is 312 g/mol. The van der Waals surface area contributed by atoms with Crippen LogP contribution < -0.4 is 0 Å². The lowest BCUT2D eigenvalue weighted by Gasteiger charge is -1.88. The molecule has 0 unspecified atom stereocenters. The average Bonchev–Trinajstić information content (AvgIpc) is 2.99. The first-order valence-electron chi connectivity index (χ1n) is 6.92. The lowest BCUT2D eigenvalue weighted by Crippen LogP contribution is -1.83. The maximum atomic E-state index is 4.30. The van der Waals surface area contributed by atoms with Gasteiger partial charge in [-0.2, -0.15) is 0 Å². The number of aromatic nitrogens is 4. The Morgan fingerprint density at radius 2 is 1.68 bits per heavy atom. The number of fused-ring (bicyclic) bond motifs is 2. The molecule has 6 heteroatoms. The van der Waals surface area contributed by atoms with Crippen molar-refractivity contribution in [2.24, 2.45) is 0 Å². The van der Waals surface area contributed by atoms with Crippen molar-refractivity contribution in [1.82, 2.24) is 19.9 Å². The van der Waals surface area contributed by atoms with Gasteiger partial charge in [-0.15, -0.1) is 22.7 Å². The molecule has 0 atom stereocenters. The topological polar surface area (TPSA) is 51.6 Å². The van der Waals surface area contributed by atoms with Crippen LogP contribution in [0.4, 0.5) is 0 Å². The maximum absolute atomic E-state index is 4.30. The van der Waals surface area contributed by atoms with Crippen molar-refractivity contribution >= 4 is 43.2 Å². The van der Waals surface area contributed by atoms with Gasteiger partial charge < -0.3 is 0 Å². The van der Waals surface area contributed by atoms with Crippen LogP contribution in [0.3, 0.4) is 0 Å². The molecule has 112 valence electrons. The van der Waals surface area contributed by atoms with Gasteiger partial charge in [0.25, 0.3) is 0 Å². The molecule has 4 aromatic rings. The molecule has 0 saturated carbocycles. The Bertz CT molecular complexity index is 862. The first-order valence-corrected chi connectivity index (χ1v) is 8.55. The Labute approximate surface area is 136 Å². The van der Waals surface area contributed by atoms with Crippen molar-refractivity contribution in [3.63, 3.8) is 0 Å². The summed E-state index contributed by atoms with van der Waals surface area (Å²) in [5.41, 5.74) is 2.98. The zero-order valence-corrected chi connectivity index (χ0v) is 14.5. The molecule has 0 amide bonds. The van der Waals surface area contributed by atoms with Crippen LogP contribution >= 0.6 is 22.7 Å². The molecule has 4 aromatic heterocycles. The molecule has 0 spiro atoms. The van der Waals surface area contributed by atoms with Crippen LogP contribution in [0.25, 0.3) is 20.6 Å². The molecule has 0 aliphatic carbocycles. The van der Waals surface area contributed by atoms with E-state index in [0.717, 1.165) is 27.7 Å². The van der Waals surface area contributed by atoms with Gasteiger partial charge in [0.05, 0.1) is 19.9 Å². The van der Waals surface area contributed by atoms with Gasteiger partial charge in [0.1, 0.15) is 5.82 Å². The van der Waals surface area contributed by atoms with Crippen LogP contribution in [0.15, 0.2) is 24.4 Å². The van der Waals surface area contributed by atoms with Crippen molar-refractivity contribution in [2.75, 3.05) is 0 Å². The van der Waals surface area contributed by atoms with Gasteiger partial charge in [0.2, 0.25) is 0 Å². The molecule has 0 saturated heterocycles. The lowest BCUT2D eigenvalue weighted by molar-refractivity contribution is 1.10. The predicted molar refractivity (Wildman–Crippen MR) is 93.8 cm³/mol. The Hall–Kier alpha value is -1.92. The third kappa shape index (κ3) is 3.28. The summed E-state index contributed by atoms with van der Waals surface area (Å²) in [6, 6.07) is 6.18. The lowest BCUT2D eigenvalue weighted by atomic mass is 10.4. The van der Waals surface area contributed by atoms with Crippen molar-refractivity contribution in [2.45, 2.75) is 27.7 Å². The molecule has 0 N–H and O–H groups in total. The quantitative estimate of drug-likeness (QED) is 0.473. The fraction of sp³-hybridized carbons (Fsp3) is 0.250. The number of pyridine rings is 1. The van der Waals surface area contributed by atoms with E-state index in [2.05, 4.69) is 39.0 Å². The summed E-state index contributed by atoms with van der Waals surface area (Å²) in [6.07, 6.45) is 1.88. The Morgan fingerprint density at radius 1 is 0.864 bits per heavy atom. The number of hydrogen-bond acceptors (Lipinski definition) is 6. The van der Waals surface area contributed by atoms with Crippen molar-refractivity contribution in [3.05, 3.63) is 45.8 Å². The first kappa shape index (κ1) is 15.0. The van der Waals surface area contributed by atoms with Crippen LogP contribution in [-0.2, 0) is 0 Å². The highest BCUT2D eigenvalue weighted by atomic mass is 32.1. The van der Waals surface area contributed by atoms with E-state index in [-0.39, 0.29) is 0 Å². The average molecular weight is 328 g/mol. The highest BCUT2D eigenvalue weighted by Gasteiger charge is 2.00. The van der Waals surface area contributed by atoms with Gasteiger partial charge in [-0.05, 0) is 45.9 Å². The van der Waals surface area contributed by atoms with E-state index >= 15 is 0 Å². The summed E-state index contributed by atoms with van der Waals surface area (Å²) in [6.45, 7) is 7.98. The highest BCUT2D eigenvalue weighted by Crippen LogP contribution is 2.22. The molecule has 22 heavy (non-hydrogen) atoms. The van der Waals surface area contributed by atoms with E-state index in [1.165, 1.54) is 14.3 Å². The zero-order valence-electron chi connectivity index (χ0n) is 12.9. The van der Waals surface area contributed by atoms with Crippen molar-refractivity contribution in [1.29, 1.82) is 0 Å². The third-order valence-corrected chi connectivity index (χ3v) is 4.91. The van der Waals surface area contributed by atoms with E-state index in [1.807, 2.05) is 33.0 Å². The minimum Gasteiger partial charge on any atom is -0.240 e. The molecule has 0 aliphatic heterocycles. The van der Waals surface area contributed by atoms with Crippen molar-refractivity contribution in [3.8, 4) is 0 Å². The number of thiophene rings is 1. The summed E-state index contributed by atoms with van der Waals surface area (Å²) >= 11 is 3.42. The fourth-order valence-electron chi connectivity index (χ4n) is 2.08. The summed E-state index contributed by atoms with van der Waals surface area (Å²) in [5.74, 6) is 0.843. The second-order valence-corrected chi connectivity index (χ2v) is 7.55. The smallest absolute Gasteiger partial charge is 0.170 e. The Balaban J connectivity index is 0.000000131. The van der Waals surface area contributed by atoms with Gasteiger partial charge in [0.15, 0.2) is 5.65 Å². The molecule has 0 fully saturated rings. The zero-order chi connectivity index (χ0) is 15.7. The van der Waals surface area contributed by atoms with Crippen LogP contribution in [0, 0.1) is 27.7 Å². The van der Waals surface area contributed by atoms with E-state index < -0.39 is 0 Å². The standard InChI is InChI=1S/2C8H8N2S/c1-5-3-7-8(11-5)4-9-6(2)10-7;1-5-3-4-7-8(9-5)10-6(2)11-7/h2*3-4H,1-2H3.